The Labute approximate surface area is 127 Å². The van der Waals surface area contributed by atoms with Crippen LogP contribution in [0.3, 0.4) is 0 Å². The van der Waals surface area contributed by atoms with Crippen LogP contribution in [0.15, 0.2) is 0 Å². The van der Waals surface area contributed by atoms with Crippen molar-refractivity contribution in [1.82, 2.24) is 9.80 Å². The molecule has 1 aliphatic carbocycles. The molecule has 0 spiro atoms. The predicted octanol–water partition coefficient (Wildman–Crippen LogP) is 0.243. The van der Waals surface area contributed by atoms with Gasteiger partial charge in [-0.3, -0.25) is 9.59 Å². The SMILES string of the molecule is COCCN(CC(=O)N(C)C)C(=O)C1(N)CCCC1.Cl. The Balaban J connectivity index is 0.00000361. The molecule has 0 unspecified atom stereocenters. The zero-order valence-electron chi connectivity index (χ0n) is 12.6. The first-order valence-corrected chi connectivity index (χ1v) is 6.68. The number of halogens is 1. The summed E-state index contributed by atoms with van der Waals surface area (Å²) in [5.74, 6) is -0.233. The Morgan fingerprint density at radius 3 is 2.25 bits per heavy atom. The molecular weight excluding hydrogens is 282 g/mol. The van der Waals surface area contributed by atoms with Crippen LogP contribution in [-0.4, -0.2) is 68.1 Å². The number of carbonyl (C=O) groups is 2. The lowest BCUT2D eigenvalue weighted by Gasteiger charge is -2.31. The van der Waals surface area contributed by atoms with E-state index in [-0.39, 0.29) is 30.8 Å². The number of nitrogens with two attached hydrogens (primary N) is 1. The van der Waals surface area contributed by atoms with E-state index in [1.165, 1.54) is 9.80 Å². The van der Waals surface area contributed by atoms with E-state index in [1.54, 1.807) is 21.2 Å². The Bertz CT molecular complexity index is 331. The number of nitrogens with zero attached hydrogens (tertiary/aromatic N) is 2. The lowest BCUT2D eigenvalue weighted by Crippen LogP contribution is -2.56. The molecule has 2 N–H and O–H groups in total. The van der Waals surface area contributed by atoms with Crippen LogP contribution in [0.25, 0.3) is 0 Å². The highest BCUT2D eigenvalue weighted by Gasteiger charge is 2.40. The zero-order valence-corrected chi connectivity index (χ0v) is 13.4. The highest BCUT2D eigenvalue weighted by molar-refractivity contribution is 5.90. The third kappa shape index (κ3) is 4.92. The molecule has 1 rings (SSSR count). The minimum absolute atomic E-state index is 0. The summed E-state index contributed by atoms with van der Waals surface area (Å²) in [5, 5.41) is 0. The van der Waals surface area contributed by atoms with Crippen LogP contribution in [-0.2, 0) is 14.3 Å². The molecule has 6 nitrogen and oxygen atoms in total. The minimum atomic E-state index is -0.791. The summed E-state index contributed by atoms with van der Waals surface area (Å²) in [4.78, 5) is 27.3. The van der Waals surface area contributed by atoms with Crippen molar-refractivity contribution in [2.75, 3.05) is 40.9 Å². The summed E-state index contributed by atoms with van der Waals surface area (Å²) in [6, 6.07) is 0. The fourth-order valence-corrected chi connectivity index (χ4v) is 2.29. The van der Waals surface area contributed by atoms with Crippen molar-refractivity contribution in [3.63, 3.8) is 0 Å². The average Bonchev–Trinajstić information content (AvgIpc) is 2.81. The smallest absolute Gasteiger partial charge is 0.243 e. The van der Waals surface area contributed by atoms with Crippen LogP contribution in [0.2, 0.25) is 0 Å². The van der Waals surface area contributed by atoms with Gasteiger partial charge in [0.05, 0.1) is 18.7 Å². The van der Waals surface area contributed by atoms with Crippen LogP contribution in [0.1, 0.15) is 25.7 Å². The van der Waals surface area contributed by atoms with Gasteiger partial charge in [-0.15, -0.1) is 12.4 Å². The molecule has 0 aromatic heterocycles. The summed E-state index contributed by atoms with van der Waals surface area (Å²) in [5.41, 5.74) is 5.38. The molecule has 0 atom stereocenters. The molecule has 0 bridgehead atoms. The first kappa shape index (κ1) is 19.1. The molecule has 0 aromatic carbocycles. The molecule has 1 saturated carbocycles. The zero-order chi connectivity index (χ0) is 14.5. The number of carbonyl (C=O) groups excluding carboxylic acids is 2. The second-order valence-corrected chi connectivity index (χ2v) is 5.37. The van der Waals surface area contributed by atoms with Crippen molar-refractivity contribution in [3.05, 3.63) is 0 Å². The third-order valence-electron chi connectivity index (χ3n) is 3.60. The first-order chi connectivity index (χ1) is 8.90. The second kappa shape index (κ2) is 8.44. The molecule has 0 radical (unpaired) electrons. The largest absolute Gasteiger partial charge is 0.383 e. The van der Waals surface area contributed by atoms with E-state index in [4.69, 9.17) is 10.5 Å². The first-order valence-electron chi connectivity index (χ1n) is 6.68. The number of amides is 2. The van der Waals surface area contributed by atoms with Gasteiger partial charge in [-0.25, -0.2) is 0 Å². The van der Waals surface area contributed by atoms with Gasteiger partial charge in [0.25, 0.3) is 0 Å². The molecule has 2 amide bonds. The number of hydrogen-bond donors (Lipinski definition) is 1. The van der Waals surface area contributed by atoms with Crippen molar-refractivity contribution in [2.24, 2.45) is 5.73 Å². The second-order valence-electron chi connectivity index (χ2n) is 5.37. The van der Waals surface area contributed by atoms with E-state index < -0.39 is 5.54 Å². The molecule has 1 aliphatic rings. The monoisotopic (exact) mass is 307 g/mol. The van der Waals surface area contributed by atoms with E-state index >= 15 is 0 Å². The number of likely N-dealkylation sites (N-methyl/N-ethyl adjacent to an activating group) is 1. The van der Waals surface area contributed by atoms with Crippen LogP contribution in [0.4, 0.5) is 0 Å². The maximum atomic E-state index is 12.5. The van der Waals surface area contributed by atoms with Gasteiger partial charge < -0.3 is 20.3 Å². The van der Waals surface area contributed by atoms with Gasteiger partial charge in [0.2, 0.25) is 11.8 Å². The van der Waals surface area contributed by atoms with Crippen molar-refractivity contribution in [3.8, 4) is 0 Å². The quantitative estimate of drug-likeness (QED) is 0.763. The Hall–Kier alpha value is -0.850. The van der Waals surface area contributed by atoms with E-state index in [9.17, 15) is 9.59 Å². The standard InChI is InChI=1S/C13H25N3O3.ClH/c1-15(2)11(17)10-16(8-9-19-3)12(18)13(14)6-4-5-7-13;/h4-10,14H2,1-3H3;1H. The molecule has 7 heteroatoms. The lowest BCUT2D eigenvalue weighted by atomic mass is 9.97. The van der Waals surface area contributed by atoms with Gasteiger partial charge in [-0.05, 0) is 12.8 Å². The normalized spacial score (nSPS) is 16.4. The fourth-order valence-electron chi connectivity index (χ4n) is 2.29. The molecule has 1 fully saturated rings. The summed E-state index contributed by atoms with van der Waals surface area (Å²) in [6.45, 7) is 0.866. The Morgan fingerprint density at radius 1 is 1.25 bits per heavy atom. The number of methoxy groups -OCH3 is 1. The molecule has 0 aliphatic heterocycles. The Morgan fingerprint density at radius 2 is 1.80 bits per heavy atom. The third-order valence-corrected chi connectivity index (χ3v) is 3.60. The van der Waals surface area contributed by atoms with Crippen LogP contribution < -0.4 is 5.73 Å². The van der Waals surface area contributed by atoms with Gasteiger partial charge in [-0.2, -0.15) is 0 Å². The highest BCUT2D eigenvalue weighted by Crippen LogP contribution is 2.28. The van der Waals surface area contributed by atoms with Gasteiger partial charge in [0.15, 0.2) is 0 Å². The summed E-state index contributed by atoms with van der Waals surface area (Å²) in [6.07, 6.45) is 3.35. The maximum absolute atomic E-state index is 12.5. The van der Waals surface area contributed by atoms with Crippen molar-refractivity contribution in [1.29, 1.82) is 0 Å². The van der Waals surface area contributed by atoms with Crippen molar-refractivity contribution >= 4 is 24.2 Å². The van der Waals surface area contributed by atoms with Gasteiger partial charge in [-0.1, -0.05) is 12.8 Å². The molecule has 118 valence electrons. The van der Waals surface area contributed by atoms with E-state index in [0.29, 0.717) is 26.0 Å². The summed E-state index contributed by atoms with van der Waals surface area (Å²) in [7, 11) is 4.92. The average molecular weight is 308 g/mol. The fraction of sp³-hybridized carbons (Fsp3) is 0.846. The molecule has 0 aromatic rings. The lowest BCUT2D eigenvalue weighted by molar-refractivity contribution is -0.143. The summed E-state index contributed by atoms with van der Waals surface area (Å²) < 4.78 is 5.00. The predicted molar refractivity (Wildman–Crippen MR) is 79.8 cm³/mol. The number of ether oxygens (including phenoxy) is 1. The van der Waals surface area contributed by atoms with E-state index in [2.05, 4.69) is 0 Å². The van der Waals surface area contributed by atoms with Crippen LogP contribution in [0, 0.1) is 0 Å². The maximum Gasteiger partial charge on any atom is 0.243 e. The van der Waals surface area contributed by atoms with Crippen LogP contribution >= 0.6 is 12.4 Å². The topological polar surface area (TPSA) is 75.9 Å². The molecule has 0 saturated heterocycles. The van der Waals surface area contributed by atoms with E-state index in [1.807, 2.05) is 0 Å². The van der Waals surface area contributed by atoms with Gasteiger partial charge >= 0.3 is 0 Å². The summed E-state index contributed by atoms with van der Waals surface area (Å²) >= 11 is 0. The molecular formula is C13H26ClN3O3. The van der Waals surface area contributed by atoms with E-state index in [0.717, 1.165) is 12.8 Å². The minimum Gasteiger partial charge on any atom is -0.383 e. The van der Waals surface area contributed by atoms with Crippen molar-refractivity contribution in [2.45, 2.75) is 31.2 Å². The molecule has 0 heterocycles. The van der Waals surface area contributed by atoms with Crippen LogP contribution in [0.5, 0.6) is 0 Å². The van der Waals surface area contributed by atoms with Crippen molar-refractivity contribution < 1.29 is 14.3 Å². The number of hydrogen-bond acceptors (Lipinski definition) is 4. The molecule has 20 heavy (non-hydrogen) atoms. The number of rotatable bonds is 6. The van der Waals surface area contributed by atoms with Gasteiger partial charge in [0.1, 0.15) is 0 Å². The highest BCUT2D eigenvalue weighted by atomic mass is 35.5. The van der Waals surface area contributed by atoms with Gasteiger partial charge in [0, 0.05) is 27.7 Å². The Kier molecular flexibility index (Phi) is 8.08.